The fourth-order valence-electron chi connectivity index (χ4n) is 13.3. The van der Waals surface area contributed by atoms with Gasteiger partial charge in [0.2, 0.25) is 0 Å². The quantitative estimate of drug-likeness (QED) is 0.0957. The Hall–Kier alpha value is -15.3. The Kier molecular flexibility index (Phi) is 21.6. The van der Waals surface area contributed by atoms with Crippen molar-refractivity contribution < 1.29 is 27.6 Å². The van der Waals surface area contributed by atoms with Gasteiger partial charge < -0.3 is 16.0 Å². The van der Waals surface area contributed by atoms with Gasteiger partial charge in [0.25, 0.3) is 34.4 Å². The van der Waals surface area contributed by atoms with Crippen LogP contribution >= 0.6 is 22.7 Å². The van der Waals surface area contributed by atoms with Gasteiger partial charge in [0, 0.05) is 82.4 Å². The van der Waals surface area contributed by atoms with E-state index in [4.69, 9.17) is 9.97 Å². The summed E-state index contributed by atoms with van der Waals surface area (Å²) in [5.41, 5.74) is 7.43. The fourth-order valence-corrected chi connectivity index (χ4v) is 14.4. The molecule has 3 atom stereocenters. The smallest absolute Gasteiger partial charge is 0.342 e. The molecule has 31 heteroatoms. The highest BCUT2D eigenvalue weighted by atomic mass is 32.1. The van der Waals surface area contributed by atoms with Crippen molar-refractivity contribution in [1.29, 1.82) is 0 Å². The van der Waals surface area contributed by atoms with Crippen molar-refractivity contribution >= 4 is 90.0 Å². The minimum absolute atomic E-state index is 0.0574. The van der Waals surface area contributed by atoms with E-state index in [1.165, 1.54) is 65.0 Å². The van der Waals surface area contributed by atoms with E-state index in [1.54, 1.807) is 167 Å². The molecule has 0 aliphatic heterocycles. The van der Waals surface area contributed by atoms with Crippen molar-refractivity contribution in [3.63, 3.8) is 0 Å². The number of rotatable bonds is 12. The maximum absolute atomic E-state index is 14.1. The van der Waals surface area contributed by atoms with Crippen LogP contribution in [0.5, 0.6) is 0 Å². The van der Waals surface area contributed by atoms with Crippen LogP contribution < -0.4 is 32.6 Å². The highest BCUT2D eigenvalue weighted by Crippen LogP contribution is 2.28. The molecule has 17 aromatic rings. The molecule has 0 aliphatic rings. The molecule has 26 nitrogen and oxygen atoms in total. The summed E-state index contributed by atoms with van der Waals surface area (Å²) in [7, 11) is 0. The summed E-state index contributed by atoms with van der Waals surface area (Å²) >= 11 is 2.89. The minimum atomic E-state index is -4.72. The average molecular weight is 1590 g/mol. The SMILES string of the molecule is Cc1csc(C#Cc2cccc3nc([C@H](C)NC(=O)c4c(C)nn5cccnc45)n(-c4ccccc4)c(=O)c23)n1.Cc1nn2cccnc2c1C(=O)N[C@@H](C)c1nc2cccc(C#CC(F)(F)F)c2c(=O)n1-c1ccccc1.Cc1nn2cccnc2c1C(=O)N[C@@H](C)c1nc2cccc(C#Cc3nccs3)c2c(=O)n1-c1ccccc1. The molecule has 0 unspecified atom stereocenters. The van der Waals surface area contributed by atoms with E-state index in [0.29, 0.717) is 117 Å². The highest BCUT2D eigenvalue weighted by molar-refractivity contribution is 7.10. The summed E-state index contributed by atoms with van der Waals surface area (Å²) < 4.78 is 47.4. The van der Waals surface area contributed by atoms with Gasteiger partial charge in [0.15, 0.2) is 27.0 Å². The molecule has 6 aromatic carbocycles. The molecule has 0 saturated heterocycles. The second-order valence-electron chi connectivity index (χ2n) is 26.4. The summed E-state index contributed by atoms with van der Waals surface area (Å²) in [5, 5.41) is 27.8. The van der Waals surface area contributed by atoms with Crippen molar-refractivity contribution in [2.45, 2.75) is 72.8 Å². The zero-order chi connectivity index (χ0) is 81.8. The first-order valence-corrected chi connectivity index (χ1v) is 37.9. The van der Waals surface area contributed by atoms with E-state index in [9.17, 15) is 41.9 Å². The van der Waals surface area contributed by atoms with Crippen molar-refractivity contribution in [1.82, 2.24) is 98.4 Å². The van der Waals surface area contributed by atoms with Gasteiger partial charge in [-0.3, -0.25) is 42.5 Å². The molecule has 576 valence electrons. The molecule has 3 N–H and O–H groups in total. The molecule has 0 aliphatic carbocycles. The molecule has 0 radical (unpaired) electrons. The van der Waals surface area contributed by atoms with Gasteiger partial charge in [0.05, 0.1) is 85.0 Å². The van der Waals surface area contributed by atoms with Crippen LogP contribution in [0.2, 0.25) is 0 Å². The van der Waals surface area contributed by atoms with E-state index >= 15 is 0 Å². The fraction of sp³-hybridized carbons (Fsp3) is 0.128. The molecule has 17 rings (SSSR count). The molecule has 117 heavy (non-hydrogen) atoms. The molecule has 11 heterocycles. The first-order chi connectivity index (χ1) is 56.5. The predicted octanol–water partition coefficient (Wildman–Crippen LogP) is 12.6. The number of hydrogen-bond donors (Lipinski definition) is 3. The van der Waals surface area contributed by atoms with Crippen LogP contribution in [0.4, 0.5) is 13.2 Å². The second-order valence-corrected chi connectivity index (χ2v) is 28.2. The van der Waals surface area contributed by atoms with Gasteiger partial charge >= 0.3 is 6.18 Å². The number of nitrogens with one attached hydrogen (secondary N) is 3. The standard InChI is InChI=1S/C30H23N7O2S.C29H21N7O2S.C27H19F3N6O2/c1-18-17-40-24(32-18)14-13-21-9-7-12-23-26(21)30(39)37(22-10-5-4-6-11-22)27(34-23)20(3)33-29(38)25-19(2)35-36-16-8-15-31-28(25)36;1-18-24(27-31-14-7-16-35(27)34-18)28(37)32-19(2)26-33-22-11-6-8-20(12-13-23-30-15-17-39-23)25(22)29(38)36(26)21-9-4-3-5-10-21;1-16-21(24-31-14-7-15-35(24)34-16)25(37)32-17(2)23-33-20-11-6-8-18(12-13-27(28,29)30)22(20)26(38)36(23)19-9-4-3-5-10-19/h4-12,15-17,20H,1-3H3,(H,33,38);3-11,14-17,19H,1-2H3,(H,32,37);3-11,14-15,17H,1-2H3,(H,32,37)/t20-;19-;17-/m000/s1. The van der Waals surface area contributed by atoms with E-state index in [2.05, 4.69) is 90.8 Å². The van der Waals surface area contributed by atoms with Crippen LogP contribution in [0, 0.1) is 63.2 Å². The number of aryl methyl sites for hydroxylation is 4. The summed E-state index contributed by atoms with van der Waals surface area (Å²) in [6, 6.07) is 45.2. The lowest BCUT2D eigenvalue weighted by Crippen LogP contribution is -2.33. The topological polar surface area (TPSA) is 308 Å². The lowest BCUT2D eigenvalue weighted by molar-refractivity contribution is -0.0697. The number of amides is 3. The second kappa shape index (κ2) is 32.8. The average Bonchev–Trinajstić information content (AvgIpc) is 1.75. The number of alkyl halides is 3. The van der Waals surface area contributed by atoms with Crippen molar-refractivity contribution in [3.8, 4) is 52.6 Å². The maximum Gasteiger partial charge on any atom is 0.458 e. The van der Waals surface area contributed by atoms with Crippen LogP contribution in [-0.4, -0.2) is 106 Å². The number of carbonyl (C=O) groups is 3. The van der Waals surface area contributed by atoms with Gasteiger partial charge in [-0.05, 0) is 151 Å². The Morgan fingerprint density at radius 1 is 0.402 bits per heavy atom. The van der Waals surface area contributed by atoms with E-state index in [0.717, 1.165) is 5.69 Å². The lowest BCUT2D eigenvalue weighted by atomic mass is 10.1. The Morgan fingerprint density at radius 2 is 0.752 bits per heavy atom. The Bertz CT molecular complexity index is 7170. The molecular formula is C86H63F3N20O6S2. The lowest BCUT2D eigenvalue weighted by Gasteiger charge is -2.20. The number of benzene rings is 6. The summed E-state index contributed by atoms with van der Waals surface area (Å²) in [5.74, 6) is 15.4. The Labute approximate surface area is 670 Å². The largest absolute Gasteiger partial charge is 0.458 e. The van der Waals surface area contributed by atoms with Crippen LogP contribution in [-0.2, 0) is 0 Å². The number of aromatic nitrogens is 17. The molecule has 0 fully saturated rings. The highest BCUT2D eigenvalue weighted by Gasteiger charge is 2.30. The molecule has 0 saturated carbocycles. The number of halogens is 3. The van der Waals surface area contributed by atoms with E-state index < -0.39 is 35.8 Å². The monoisotopic (exact) mass is 1590 g/mol. The first kappa shape index (κ1) is 77.1. The number of para-hydroxylation sites is 3. The number of carbonyl (C=O) groups excluding carboxylic acids is 3. The number of hydrogen-bond acceptors (Lipinski definition) is 19. The normalized spacial score (nSPS) is 11.9. The summed E-state index contributed by atoms with van der Waals surface area (Å²) in [4.78, 5) is 118. The molecule has 0 spiro atoms. The third-order valence-corrected chi connectivity index (χ3v) is 20.0. The van der Waals surface area contributed by atoms with Crippen LogP contribution in [0.25, 0.3) is 66.7 Å². The minimum Gasteiger partial charge on any atom is -0.342 e. The van der Waals surface area contributed by atoms with E-state index in [1.807, 2.05) is 90.5 Å². The Morgan fingerprint density at radius 3 is 1.08 bits per heavy atom. The molecular weight excluding hydrogens is 1530 g/mol. The zero-order valence-electron chi connectivity index (χ0n) is 63.0. The summed E-state index contributed by atoms with van der Waals surface area (Å²) in [6.45, 7) is 12.4. The Balaban J connectivity index is 0.000000138. The summed E-state index contributed by atoms with van der Waals surface area (Å²) in [6.07, 6.45) is 6.90. The third kappa shape index (κ3) is 16.0. The molecule has 3 amide bonds. The van der Waals surface area contributed by atoms with Gasteiger partial charge in [-0.25, -0.2) is 53.4 Å². The van der Waals surface area contributed by atoms with Gasteiger partial charge in [-0.1, -0.05) is 90.6 Å². The van der Waals surface area contributed by atoms with Gasteiger partial charge in [0.1, 0.15) is 34.2 Å². The zero-order valence-corrected chi connectivity index (χ0v) is 64.7. The number of nitrogens with zero attached hydrogens (tertiary/aromatic N) is 17. The van der Waals surface area contributed by atoms with Crippen molar-refractivity contribution in [3.05, 3.63) is 333 Å². The third-order valence-electron chi connectivity index (χ3n) is 18.4. The van der Waals surface area contributed by atoms with E-state index in [-0.39, 0.29) is 50.8 Å². The van der Waals surface area contributed by atoms with Crippen LogP contribution in [0.15, 0.2) is 232 Å². The van der Waals surface area contributed by atoms with Crippen molar-refractivity contribution in [2.24, 2.45) is 0 Å². The van der Waals surface area contributed by atoms with Crippen LogP contribution in [0.3, 0.4) is 0 Å². The molecule has 11 aromatic heterocycles. The number of thiazole rings is 2. The number of fused-ring (bicyclic) bond motifs is 6. The first-order valence-electron chi connectivity index (χ1n) is 36.2. The predicted molar refractivity (Wildman–Crippen MR) is 437 cm³/mol. The maximum atomic E-state index is 14.1. The van der Waals surface area contributed by atoms with Gasteiger partial charge in [-0.15, -0.1) is 22.7 Å². The van der Waals surface area contributed by atoms with Crippen LogP contribution in [0.1, 0.15) is 137 Å². The van der Waals surface area contributed by atoms with Gasteiger partial charge in [-0.2, -0.15) is 28.5 Å². The van der Waals surface area contributed by atoms with Crippen molar-refractivity contribution in [2.75, 3.05) is 0 Å². The molecule has 0 bridgehead atoms.